The van der Waals surface area contributed by atoms with Crippen molar-refractivity contribution >= 4 is 51.7 Å². The fourth-order valence-corrected chi connectivity index (χ4v) is 3.97. The van der Waals surface area contributed by atoms with E-state index in [0.29, 0.717) is 33.7 Å². The van der Waals surface area contributed by atoms with E-state index in [9.17, 15) is 4.79 Å². The molecule has 2 aromatic carbocycles. The molecule has 0 saturated heterocycles. The van der Waals surface area contributed by atoms with Gasteiger partial charge >= 0.3 is 5.97 Å². The van der Waals surface area contributed by atoms with Gasteiger partial charge in [0, 0.05) is 33.6 Å². The molecule has 0 aliphatic rings. The van der Waals surface area contributed by atoms with Crippen molar-refractivity contribution in [3.63, 3.8) is 0 Å². The molecule has 7 heteroatoms. The molecule has 4 nitrogen and oxygen atoms in total. The molecule has 0 radical (unpaired) electrons. The van der Waals surface area contributed by atoms with Crippen molar-refractivity contribution in [2.24, 2.45) is 0 Å². The molecule has 0 aliphatic heterocycles. The van der Waals surface area contributed by atoms with Gasteiger partial charge in [0.25, 0.3) is 0 Å². The third-order valence-electron chi connectivity index (χ3n) is 4.71. The number of ether oxygens (including phenoxy) is 1. The highest BCUT2D eigenvalue weighted by molar-refractivity contribution is 6.35. The number of nitrogens with one attached hydrogen (secondary N) is 1. The number of fused-ring (bicyclic) bond motifs is 1. The molecule has 30 heavy (non-hydrogen) atoms. The number of H-pyrrole nitrogens is 1. The van der Waals surface area contributed by atoms with Crippen molar-refractivity contribution < 1.29 is 9.53 Å². The van der Waals surface area contributed by atoms with Crippen molar-refractivity contribution in [3.8, 4) is 17.1 Å². The van der Waals surface area contributed by atoms with E-state index in [-0.39, 0.29) is 12.4 Å². The molecule has 2 aromatic heterocycles. The predicted molar refractivity (Wildman–Crippen MR) is 122 cm³/mol. The van der Waals surface area contributed by atoms with Crippen LogP contribution in [0.15, 0.2) is 60.8 Å². The van der Waals surface area contributed by atoms with E-state index in [2.05, 4.69) is 9.97 Å². The lowest BCUT2D eigenvalue weighted by molar-refractivity contribution is -0.134. The lowest BCUT2D eigenvalue weighted by Crippen LogP contribution is -2.08. The molecule has 0 aliphatic carbocycles. The Morgan fingerprint density at radius 3 is 2.57 bits per heavy atom. The largest absolute Gasteiger partial charge is 0.425 e. The van der Waals surface area contributed by atoms with E-state index in [1.54, 1.807) is 24.4 Å². The van der Waals surface area contributed by atoms with Crippen molar-refractivity contribution in [2.45, 2.75) is 19.3 Å². The minimum Gasteiger partial charge on any atom is -0.425 e. The van der Waals surface area contributed by atoms with Crippen LogP contribution in [0.25, 0.3) is 22.3 Å². The Morgan fingerprint density at radius 1 is 1.00 bits per heavy atom. The van der Waals surface area contributed by atoms with Crippen LogP contribution >= 0.6 is 34.8 Å². The number of nitrogens with zero attached hydrogens (tertiary/aromatic N) is 1. The van der Waals surface area contributed by atoms with Crippen LogP contribution in [0.5, 0.6) is 5.75 Å². The molecule has 2 heterocycles. The molecule has 0 saturated carbocycles. The summed E-state index contributed by atoms with van der Waals surface area (Å²) >= 11 is 18.2. The Morgan fingerprint density at radius 2 is 1.80 bits per heavy atom. The zero-order valence-corrected chi connectivity index (χ0v) is 18.1. The van der Waals surface area contributed by atoms with Gasteiger partial charge in [-0.3, -0.25) is 9.78 Å². The minimum atomic E-state index is -0.350. The number of aryl methyl sites for hydroxylation is 1. The summed E-state index contributed by atoms with van der Waals surface area (Å²) in [6.07, 6.45) is 3.26. The Labute approximate surface area is 188 Å². The van der Waals surface area contributed by atoms with Gasteiger partial charge < -0.3 is 9.72 Å². The highest BCUT2D eigenvalue weighted by Crippen LogP contribution is 2.32. The second kappa shape index (κ2) is 9.09. The smallest absolute Gasteiger partial charge is 0.311 e. The summed E-state index contributed by atoms with van der Waals surface area (Å²) in [5, 5.41) is 2.48. The number of hydrogen-bond donors (Lipinski definition) is 1. The number of halogens is 3. The number of aromatic amines is 1. The van der Waals surface area contributed by atoms with Gasteiger partial charge in [-0.05, 0) is 66.9 Å². The molecule has 0 bridgehead atoms. The SMILES string of the molecule is O=C(CCCc1c(-c2ccccn2)[nH]c2ccc(Cl)cc12)Oc1ccc(Cl)cc1Cl. The Kier molecular flexibility index (Phi) is 6.28. The molecule has 152 valence electrons. The van der Waals surface area contributed by atoms with Crippen LogP contribution in [0.2, 0.25) is 15.1 Å². The molecule has 0 amide bonds. The monoisotopic (exact) mass is 458 g/mol. The molecule has 0 spiro atoms. The quantitative estimate of drug-likeness (QED) is 0.247. The lowest BCUT2D eigenvalue weighted by Gasteiger charge is -2.07. The van der Waals surface area contributed by atoms with Crippen LogP contribution in [0.3, 0.4) is 0 Å². The topological polar surface area (TPSA) is 55.0 Å². The lowest BCUT2D eigenvalue weighted by atomic mass is 10.0. The summed E-state index contributed by atoms with van der Waals surface area (Å²) in [6, 6.07) is 16.3. The van der Waals surface area contributed by atoms with E-state index >= 15 is 0 Å². The van der Waals surface area contributed by atoms with Crippen LogP contribution in [0.1, 0.15) is 18.4 Å². The van der Waals surface area contributed by atoms with Gasteiger partial charge in [-0.25, -0.2) is 0 Å². The molecular weight excluding hydrogens is 443 g/mol. The summed E-state index contributed by atoms with van der Waals surface area (Å²) in [5.74, 6) is -0.0457. The first-order valence-electron chi connectivity index (χ1n) is 9.38. The van der Waals surface area contributed by atoms with E-state index in [0.717, 1.165) is 27.9 Å². The van der Waals surface area contributed by atoms with Gasteiger partial charge in [0.2, 0.25) is 0 Å². The van der Waals surface area contributed by atoms with Crippen LogP contribution in [0.4, 0.5) is 0 Å². The van der Waals surface area contributed by atoms with Crippen LogP contribution in [0, 0.1) is 0 Å². The second-order valence-electron chi connectivity index (χ2n) is 6.79. The zero-order chi connectivity index (χ0) is 21.1. The van der Waals surface area contributed by atoms with Crippen molar-refractivity contribution in [2.75, 3.05) is 0 Å². The maximum Gasteiger partial charge on any atom is 0.311 e. The molecular formula is C23H17Cl3N2O2. The zero-order valence-electron chi connectivity index (χ0n) is 15.8. The first-order chi connectivity index (χ1) is 14.5. The molecule has 0 unspecified atom stereocenters. The van der Waals surface area contributed by atoms with Crippen LogP contribution in [-0.4, -0.2) is 15.9 Å². The summed E-state index contributed by atoms with van der Waals surface area (Å²) in [6.45, 7) is 0. The van der Waals surface area contributed by atoms with Gasteiger partial charge in [-0.2, -0.15) is 0 Å². The second-order valence-corrected chi connectivity index (χ2v) is 8.07. The first-order valence-corrected chi connectivity index (χ1v) is 10.5. The van der Waals surface area contributed by atoms with Crippen LogP contribution in [-0.2, 0) is 11.2 Å². The number of esters is 1. The maximum atomic E-state index is 12.3. The first kappa shape index (κ1) is 20.7. The standard InChI is InChI=1S/C23H17Cl3N2O2/c24-14-7-9-19-17(12-14)16(23(28-19)20-5-1-2-11-27-20)4-3-6-22(29)30-21-10-8-15(25)13-18(21)26/h1-2,5,7-13,28H,3-4,6H2. The summed E-state index contributed by atoms with van der Waals surface area (Å²) in [4.78, 5) is 20.2. The highest BCUT2D eigenvalue weighted by Gasteiger charge is 2.16. The number of carbonyl (C=O) groups excluding carboxylic acids is 1. The van der Waals surface area contributed by atoms with E-state index < -0.39 is 0 Å². The molecule has 1 N–H and O–H groups in total. The fraction of sp³-hybridized carbons (Fsp3) is 0.130. The Hall–Kier alpha value is -2.53. The molecule has 4 aromatic rings. The Bertz CT molecular complexity index is 1210. The molecule has 0 fully saturated rings. The van der Waals surface area contributed by atoms with E-state index in [1.807, 2.05) is 36.4 Å². The average molecular weight is 460 g/mol. The number of pyridine rings is 1. The van der Waals surface area contributed by atoms with Gasteiger partial charge in [0.05, 0.1) is 16.4 Å². The third kappa shape index (κ3) is 4.62. The summed E-state index contributed by atoms with van der Waals surface area (Å²) in [7, 11) is 0. The molecule has 4 rings (SSSR count). The van der Waals surface area contributed by atoms with Crippen LogP contribution < -0.4 is 4.74 Å². The number of rotatable bonds is 6. The normalized spacial score (nSPS) is 11.0. The number of benzene rings is 2. The van der Waals surface area contributed by atoms with Gasteiger partial charge in [0.15, 0.2) is 0 Å². The number of aromatic nitrogens is 2. The highest BCUT2D eigenvalue weighted by atomic mass is 35.5. The maximum absolute atomic E-state index is 12.3. The van der Waals surface area contributed by atoms with Gasteiger partial charge in [0.1, 0.15) is 5.75 Å². The van der Waals surface area contributed by atoms with E-state index in [4.69, 9.17) is 39.5 Å². The summed E-state index contributed by atoms with van der Waals surface area (Å²) < 4.78 is 5.37. The fourth-order valence-electron chi connectivity index (χ4n) is 3.35. The van der Waals surface area contributed by atoms with Gasteiger partial charge in [-0.1, -0.05) is 40.9 Å². The average Bonchev–Trinajstić information content (AvgIpc) is 3.08. The number of carbonyl (C=O) groups is 1. The number of hydrogen-bond acceptors (Lipinski definition) is 3. The van der Waals surface area contributed by atoms with Gasteiger partial charge in [-0.15, -0.1) is 0 Å². The van der Waals surface area contributed by atoms with Crippen molar-refractivity contribution in [1.29, 1.82) is 0 Å². The van der Waals surface area contributed by atoms with E-state index in [1.165, 1.54) is 0 Å². The predicted octanol–water partition coefficient (Wildman–Crippen LogP) is 7.12. The van der Waals surface area contributed by atoms with Crippen molar-refractivity contribution in [3.05, 3.63) is 81.4 Å². The third-order valence-corrected chi connectivity index (χ3v) is 5.48. The minimum absolute atomic E-state index is 0.244. The summed E-state index contributed by atoms with van der Waals surface area (Å²) in [5.41, 5.74) is 3.83. The Balaban J connectivity index is 1.52. The molecule has 0 atom stereocenters. The van der Waals surface area contributed by atoms with Crippen molar-refractivity contribution in [1.82, 2.24) is 9.97 Å².